The highest BCUT2D eigenvalue weighted by Gasteiger charge is 2.20. The Morgan fingerprint density at radius 2 is 0.632 bits per heavy atom. The monoisotopic (exact) mass is 867 g/mol. The van der Waals surface area contributed by atoms with E-state index in [0.717, 1.165) is 83.5 Å². The van der Waals surface area contributed by atoms with Crippen LogP contribution in [0.4, 0.5) is 0 Å². The average Bonchev–Trinajstić information content (AvgIpc) is 3.94. The van der Waals surface area contributed by atoms with Crippen LogP contribution in [0.25, 0.3) is 123 Å². The Labute approximate surface area is 393 Å². The Bertz CT molecular complexity index is 3910. The van der Waals surface area contributed by atoms with Crippen LogP contribution in [0.2, 0.25) is 0 Å². The predicted octanol–water partition coefficient (Wildman–Crippen LogP) is 16.1. The van der Waals surface area contributed by atoms with Gasteiger partial charge in [-0.3, -0.25) is 0 Å². The second-order valence-electron chi connectivity index (χ2n) is 17.2. The quantitative estimate of drug-likeness (QED) is 0.153. The lowest BCUT2D eigenvalue weighted by molar-refractivity contribution is 1.07. The zero-order chi connectivity index (χ0) is 45.0. The largest absolute Gasteiger partial charge is 0.309 e. The fourth-order valence-corrected chi connectivity index (χ4v) is 10.00. The van der Waals surface area contributed by atoms with Crippen molar-refractivity contribution in [3.63, 3.8) is 0 Å². The number of fused-ring (bicyclic) bond motifs is 6. The highest BCUT2D eigenvalue weighted by Crippen LogP contribution is 2.40. The van der Waals surface area contributed by atoms with Crippen molar-refractivity contribution in [1.29, 1.82) is 0 Å². The molecule has 318 valence electrons. The Hall–Kier alpha value is -9.19. The second-order valence-corrected chi connectivity index (χ2v) is 17.2. The van der Waals surface area contributed by atoms with Crippen molar-refractivity contribution in [3.8, 4) is 78.9 Å². The summed E-state index contributed by atoms with van der Waals surface area (Å²) in [6.45, 7) is 0. The summed E-state index contributed by atoms with van der Waals surface area (Å²) < 4.78 is 4.77. The molecule has 0 bridgehead atoms. The van der Waals surface area contributed by atoms with Gasteiger partial charge in [-0.1, -0.05) is 188 Å². The summed E-state index contributed by atoms with van der Waals surface area (Å²) in [6.07, 6.45) is 0. The van der Waals surface area contributed by atoms with Crippen LogP contribution in [0.1, 0.15) is 0 Å². The van der Waals surface area contributed by atoms with Crippen molar-refractivity contribution in [2.75, 3.05) is 0 Å². The summed E-state index contributed by atoms with van der Waals surface area (Å²) in [5, 5.41) is 4.86. The first-order valence-corrected chi connectivity index (χ1v) is 23.0. The zero-order valence-electron chi connectivity index (χ0n) is 36.9. The molecule has 3 heterocycles. The number of nitrogens with zero attached hydrogens (tertiary/aromatic N) is 5. The molecule has 0 spiro atoms. The van der Waals surface area contributed by atoms with E-state index < -0.39 is 0 Å². The van der Waals surface area contributed by atoms with Gasteiger partial charge in [-0.15, -0.1) is 0 Å². The average molecular weight is 868 g/mol. The first-order chi connectivity index (χ1) is 33.7. The molecule has 0 N–H and O–H groups in total. The van der Waals surface area contributed by atoms with E-state index in [1.54, 1.807) is 0 Å². The van der Waals surface area contributed by atoms with E-state index >= 15 is 0 Å². The second kappa shape index (κ2) is 16.4. The van der Waals surface area contributed by atoms with Crippen LogP contribution < -0.4 is 0 Å². The van der Waals surface area contributed by atoms with Crippen molar-refractivity contribution in [3.05, 3.63) is 249 Å². The number of hydrogen-bond donors (Lipinski definition) is 0. The van der Waals surface area contributed by atoms with Crippen LogP contribution in [0.15, 0.2) is 249 Å². The van der Waals surface area contributed by atoms with Crippen LogP contribution >= 0.6 is 0 Å². The van der Waals surface area contributed by atoms with Gasteiger partial charge in [-0.05, 0) is 88.5 Å². The Balaban J connectivity index is 1.03. The summed E-state index contributed by atoms with van der Waals surface area (Å²) in [5.74, 6) is 1.80. The van der Waals surface area contributed by atoms with E-state index in [2.05, 4.69) is 240 Å². The first kappa shape index (κ1) is 39.2. The molecule has 0 unspecified atom stereocenters. The Kier molecular flexibility index (Phi) is 9.43. The van der Waals surface area contributed by atoms with Crippen LogP contribution in [0.5, 0.6) is 0 Å². The van der Waals surface area contributed by atoms with Gasteiger partial charge in [0.15, 0.2) is 17.5 Å². The van der Waals surface area contributed by atoms with Crippen molar-refractivity contribution < 1.29 is 0 Å². The molecule has 0 saturated carbocycles. The third-order valence-electron chi connectivity index (χ3n) is 13.1. The molecule has 10 aromatic carbocycles. The SMILES string of the molecule is c1ccc(-c2cc(-c3nc(-c4ccccc4)nc(-c4cccc(-c5cc(-c6ccccc6)ccc5-n5c6ccccc6c6ccccc65)c4)n3)cc(-n3c4ccccc4c4ccccc43)c2)cc1. The standard InChI is InChI=1S/C63H41N5/c1-4-19-42(20-5-1)45-35-36-60(68-58-33-16-12-29-53(58)54-30-13-17-34-59(54)68)55(41-45)46-25-18-26-47(37-46)62-64-61(44-23-8-3-9-24-44)65-63(66-62)49-38-48(43-21-6-2-7-22-43)39-50(40-49)67-56-31-14-10-27-51(56)52-28-11-15-32-57(52)67/h1-41H. The summed E-state index contributed by atoms with van der Waals surface area (Å²) >= 11 is 0. The fourth-order valence-electron chi connectivity index (χ4n) is 10.00. The maximum Gasteiger partial charge on any atom is 0.164 e. The van der Waals surface area contributed by atoms with E-state index in [0.29, 0.717) is 17.5 Å². The minimum absolute atomic E-state index is 0.594. The molecule has 3 aromatic heterocycles. The maximum atomic E-state index is 5.40. The van der Waals surface area contributed by atoms with Gasteiger partial charge in [0.25, 0.3) is 0 Å². The molecule has 0 aliphatic heterocycles. The molecule has 0 atom stereocenters. The van der Waals surface area contributed by atoms with Gasteiger partial charge in [-0.25, -0.2) is 15.0 Å². The summed E-state index contributed by atoms with van der Waals surface area (Å²) in [7, 11) is 0. The van der Waals surface area contributed by atoms with Gasteiger partial charge in [-0.2, -0.15) is 0 Å². The number of benzene rings is 10. The maximum absolute atomic E-state index is 5.40. The molecule has 13 rings (SSSR count). The molecule has 0 aliphatic rings. The third kappa shape index (κ3) is 6.76. The van der Waals surface area contributed by atoms with E-state index in [1.807, 2.05) is 18.2 Å². The van der Waals surface area contributed by atoms with E-state index in [-0.39, 0.29) is 0 Å². The van der Waals surface area contributed by atoms with Gasteiger partial charge < -0.3 is 9.13 Å². The minimum Gasteiger partial charge on any atom is -0.309 e. The summed E-state index contributed by atoms with van der Waals surface area (Å²) in [4.78, 5) is 15.9. The topological polar surface area (TPSA) is 48.5 Å². The lowest BCUT2D eigenvalue weighted by Gasteiger charge is -2.17. The van der Waals surface area contributed by atoms with Crippen LogP contribution in [0.3, 0.4) is 0 Å². The van der Waals surface area contributed by atoms with Gasteiger partial charge in [0.05, 0.1) is 27.8 Å². The molecule has 0 fully saturated rings. The molecule has 0 aliphatic carbocycles. The highest BCUT2D eigenvalue weighted by molar-refractivity contribution is 6.10. The van der Waals surface area contributed by atoms with E-state index in [9.17, 15) is 0 Å². The number of aromatic nitrogens is 5. The summed E-state index contributed by atoms with van der Waals surface area (Å²) in [6, 6.07) is 88.3. The highest BCUT2D eigenvalue weighted by atomic mass is 15.0. The number of para-hydroxylation sites is 4. The third-order valence-corrected chi connectivity index (χ3v) is 13.1. The first-order valence-electron chi connectivity index (χ1n) is 23.0. The molecule has 0 amide bonds. The Morgan fingerprint density at radius 3 is 1.19 bits per heavy atom. The molecule has 5 nitrogen and oxygen atoms in total. The van der Waals surface area contributed by atoms with Crippen LogP contribution in [0, 0.1) is 0 Å². The minimum atomic E-state index is 0.594. The van der Waals surface area contributed by atoms with E-state index in [4.69, 9.17) is 15.0 Å². The lowest BCUT2D eigenvalue weighted by atomic mass is 9.96. The van der Waals surface area contributed by atoms with Crippen molar-refractivity contribution in [2.45, 2.75) is 0 Å². The van der Waals surface area contributed by atoms with Crippen molar-refractivity contribution in [1.82, 2.24) is 24.1 Å². The molecular weight excluding hydrogens is 827 g/mol. The molecule has 0 radical (unpaired) electrons. The normalized spacial score (nSPS) is 11.5. The van der Waals surface area contributed by atoms with Crippen LogP contribution in [-0.2, 0) is 0 Å². The molecule has 68 heavy (non-hydrogen) atoms. The van der Waals surface area contributed by atoms with Crippen LogP contribution in [-0.4, -0.2) is 24.1 Å². The van der Waals surface area contributed by atoms with Gasteiger partial charge in [0, 0.05) is 49.5 Å². The lowest BCUT2D eigenvalue weighted by Crippen LogP contribution is -2.02. The number of rotatable bonds is 8. The van der Waals surface area contributed by atoms with Gasteiger partial charge >= 0.3 is 0 Å². The van der Waals surface area contributed by atoms with E-state index in [1.165, 1.54) is 21.5 Å². The molecule has 5 heteroatoms. The smallest absolute Gasteiger partial charge is 0.164 e. The molecular formula is C63H41N5. The molecule has 0 saturated heterocycles. The summed E-state index contributed by atoms with van der Waals surface area (Å²) in [5.41, 5.74) is 16.1. The fraction of sp³-hybridized carbons (Fsp3) is 0. The zero-order valence-corrected chi connectivity index (χ0v) is 36.9. The molecule has 13 aromatic rings. The van der Waals surface area contributed by atoms with Crippen molar-refractivity contribution in [2.24, 2.45) is 0 Å². The Morgan fingerprint density at radius 1 is 0.235 bits per heavy atom. The van der Waals surface area contributed by atoms with Gasteiger partial charge in [0.2, 0.25) is 0 Å². The van der Waals surface area contributed by atoms with Gasteiger partial charge in [0.1, 0.15) is 0 Å². The van der Waals surface area contributed by atoms with Crippen molar-refractivity contribution >= 4 is 43.6 Å². The predicted molar refractivity (Wildman–Crippen MR) is 281 cm³/mol. The number of hydrogen-bond acceptors (Lipinski definition) is 3.